The normalized spacial score (nSPS) is 11.1. The smallest absolute Gasteiger partial charge is 0.264 e. The summed E-state index contributed by atoms with van der Waals surface area (Å²) >= 11 is 0. The van der Waals surface area contributed by atoms with Gasteiger partial charge in [0.05, 0.1) is 24.8 Å². The molecule has 1 amide bonds. The fourth-order valence-electron chi connectivity index (χ4n) is 2.93. The van der Waals surface area contributed by atoms with E-state index in [1.165, 1.54) is 24.3 Å². The number of benzene rings is 2. The van der Waals surface area contributed by atoms with Gasteiger partial charge in [-0.05, 0) is 62.2 Å². The number of rotatable bonds is 9. The van der Waals surface area contributed by atoms with Crippen LogP contribution in [-0.2, 0) is 21.2 Å². The molecule has 10 heteroatoms. The number of carbonyl (C=O) groups excluding carboxylic acids is 1. The minimum Gasteiger partial charge on any atom is -0.493 e. The number of methoxy groups -OCH3 is 2. The number of ether oxygens (including phenoxy) is 2. The number of sulfonamides is 1. The highest BCUT2D eigenvalue weighted by Crippen LogP contribution is 2.28. The third-order valence-corrected chi connectivity index (χ3v) is 6.27. The van der Waals surface area contributed by atoms with E-state index in [1.54, 1.807) is 34.1 Å². The van der Waals surface area contributed by atoms with E-state index in [-0.39, 0.29) is 23.1 Å². The Morgan fingerprint density at radius 3 is 2.31 bits per heavy atom. The van der Waals surface area contributed by atoms with Crippen molar-refractivity contribution in [1.29, 1.82) is 0 Å². The topological polar surface area (TPSA) is 120 Å². The highest BCUT2D eigenvalue weighted by atomic mass is 32.2. The van der Waals surface area contributed by atoms with Crippen LogP contribution in [0.1, 0.15) is 23.2 Å². The molecule has 1 heterocycles. The van der Waals surface area contributed by atoms with Crippen LogP contribution in [0.3, 0.4) is 0 Å². The Kier molecular flexibility index (Phi) is 7.04. The lowest BCUT2D eigenvalue weighted by Crippen LogP contribution is -2.14. The standard InChI is InChI=1S/C22H25N3O6S/c1-14-15(2)24-31-22(14)25-32(27,28)18-9-7-17(8-10-18)23-21(26)12-6-16-5-11-19(29-3)20(13-16)30-4/h5,7-11,13,25H,6,12H2,1-4H3,(H,23,26). The second kappa shape index (κ2) is 9.73. The molecule has 2 aromatic carbocycles. The fraction of sp³-hybridized carbons (Fsp3) is 0.273. The van der Waals surface area contributed by atoms with E-state index in [4.69, 9.17) is 14.0 Å². The van der Waals surface area contributed by atoms with E-state index < -0.39 is 10.0 Å². The molecule has 0 aliphatic heterocycles. The lowest BCUT2D eigenvalue weighted by Gasteiger charge is -2.10. The summed E-state index contributed by atoms with van der Waals surface area (Å²) in [4.78, 5) is 12.3. The summed E-state index contributed by atoms with van der Waals surface area (Å²) in [5.74, 6) is 1.11. The Morgan fingerprint density at radius 2 is 1.72 bits per heavy atom. The molecule has 0 radical (unpaired) electrons. The summed E-state index contributed by atoms with van der Waals surface area (Å²) < 4.78 is 43.0. The fourth-order valence-corrected chi connectivity index (χ4v) is 3.97. The Balaban J connectivity index is 1.59. The van der Waals surface area contributed by atoms with Crippen molar-refractivity contribution in [3.8, 4) is 11.5 Å². The summed E-state index contributed by atoms with van der Waals surface area (Å²) in [6.45, 7) is 3.43. The lowest BCUT2D eigenvalue weighted by molar-refractivity contribution is -0.116. The van der Waals surface area contributed by atoms with Gasteiger partial charge in [0, 0.05) is 17.7 Å². The van der Waals surface area contributed by atoms with Gasteiger partial charge in [-0.3, -0.25) is 4.79 Å². The van der Waals surface area contributed by atoms with Gasteiger partial charge in [0.2, 0.25) is 11.8 Å². The molecule has 0 atom stereocenters. The van der Waals surface area contributed by atoms with Crippen LogP contribution in [-0.4, -0.2) is 33.7 Å². The van der Waals surface area contributed by atoms with Crippen molar-refractivity contribution in [1.82, 2.24) is 5.16 Å². The van der Waals surface area contributed by atoms with E-state index in [1.807, 2.05) is 12.1 Å². The Hall–Kier alpha value is -3.53. The number of anilines is 2. The van der Waals surface area contributed by atoms with Gasteiger partial charge in [0.25, 0.3) is 10.0 Å². The molecule has 170 valence electrons. The molecule has 2 N–H and O–H groups in total. The average Bonchev–Trinajstić information content (AvgIpc) is 3.09. The molecule has 0 saturated carbocycles. The summed E-state index contributed by atoms with van der Waals surface area (Å²) in [7, 11) is -0.725. The summed E-state index contributed by atoms with van der Waals surface area (Å²) in [6.07, 6.45) is 0.764. The molecule has 0 aliphatic carbocycles. The number of hydrogen-bond acceptors (Lipinski definition) is 7. The van der Waals surface area contributed by atoms with Crippen LogP contribution in [0.25, 0.3) is 0 Å². The number of aromatic nitrogens is 1. The largest absolute Gasteiger partial charge is 0.493 e. The summed E-state index contributed by atoms with van der Waals surface area (Å²) in [5, 5.41) is 6.50. The van der Waals surface area contributed by atoms with Crippen molar-refractivity contribution in [2.45, 2.75) is 31.6 Å². The molecule has 0 fully saturated rings. The molecule has 0 aliphatic rings. The van der Waals surface area contributed by atoms with Gasteiger partial charge in [-0.15, -0.1) is 0 Å². The van der Waals surface area contributed by atoms with Crippen LogP contribution in [0.4, 0.5) is 11.6 Å². The zero-order valence-corrected chi connectivity index (χ0v) is 19.1. The molecular formula is C22H25N3O6S. The molecule has 3 aromatic rings. The van der Waals surface area contributed by atoms with Crippen LogP contribution >= 0.6 is 0 Å². The van der Waals surface area contributed by atoms with Crippen LogP contribution in [0, 0.1) is 13.8 Å². The predicted octanol–water partition coefficient (Wildman–Crippen LogP) is 3.68. The highest BCUT2D eigenvalue weighted by Gasteiger charge is 2.19. The van der Waals surface area contributed by atoms with Gasteiger partial charge >= 0.3 is 0 Å². The van der Waals surface area contributed by atoms with Crippen molar-refractivity contribution in [3.05, 3.63) is 59.3 Å². The summed E-state index contributed by atoms with van der Waals surface area (Å²) in [5.41, 5.74) is 2.65. The first-order chi connectivity index (χ1) is 15.2. The third-order valence-electron chi connectivity index (χ3n) is 4.92. The van der Waals surface area contributed by atoms with E-state index in [9.17, 15) is 13.2 Å². The van der Waals surface area contributed by atoms with E-state index in [0.717, 1.165) is 5.56 Å². The van der Waals surface area contributed by atoms with Crippen molar-refractivity contribution in [2.75, 3.05) is 24.3 Å². The number of aryl methyl sites for hydroxylation is 2. The molecule has 32 heavy (non-hydrogen) atoms. The third kappa shape index (κ3) is 5.38. The van der Waals surface area contributed by atoms with Gasteiger partial charge < -0.3 is 19.3 Å². The molecule has 9 nitrogen and oxygen atoms in total. The lowest BCUT2D eigenvalue weighted by atomic mass is 10.1. The van der Waals surface area contributed by atoms with E-state index in [0.29, 0.717) is 34.9 Å². The second-order valence-electron chi connectivity index (χ2n) is 7.09. The number of carbonyl (C=O) groups is 1. The maximum atomic E-state index is 12.5. The Bertz CT molecular complexity index is 1200. The first-order valence-electron chi connectivity index (χ1n) is 9.80. The van der Waals surface area contributed by atoms with Gasteiger partial charge in [-0.2, -0.15) is 0 Å². The zero-order chi connectivity index (χ0) is 23.3. The molecule has 0 saturated heterocycles. The molecule has 0 bridgehead atoms. The maximum absolute atomic E-state index is 12.5. The molecule has 1 aromatic heterocycles. The second-order valence-corrected chi connectivity index (χ2v) is 8.77. The van der Waals surface area contributed by atoms with Gasteiger partial charge in [-0.25, -0.2) is 13.1 Å². The minimum atomic E-state index is -3.84. The monoisotopic (exact) mass is 459 g/mol. The minimum absolute atomic E-state index is 0.0364. The van der Waals surface area contributed by atoms with E-state index >= 15 is 0 Å². The quantitative estimate of drug-likeness (QED) is 0.501. The molecular weight excluding hydrogens is 434 g/mol. The van der Waals surface area contributed by atoms with Crippen LogP contribution in [0.15, 0.2) is 51.9 Å². The first kappa shape index (κ1) is 23.1. The summed E-state index contributed by atoms with van der Waals surface area (Å²) in [6, 6.07) is 11.4. The first-order valence-corrected chi connectivity index (χ1v) is 11.3. The highest BCUT2D eigenvalue weighted by molar-refractivity contribution is 7.92. The number of nitrogens with zero attached hydrogens (tertiary/aromatic N) is 1. The van der Waals surface area contributed by atoms with E-state index in [2.05, 4.69) is 15.2 Å². The Morgan fingerprint density at radius 1 is 1.03 bits per heavy atom. The SMILES string of the molecule is COc1ccc(CCC(=O)Nc2ccc(S(=O)(=O)Nc3onc(C)c3C)cc2)cc1OC. The van der Waals surface area contributed by atoms with Crippen LogP contribution in [0.5, 0.6) is 11.5 Å². The molecule has 0 spiro atoms. The van der Waals surface area contributed by atoms with Gasteiger partial charge in [0.15, 0.2) is 11.5 Å². The molecule has 0 unspecified atom stereocenters. The Labute approximate surface area is 186 Å². The van der Waals surface area contributed by atoms with Crippen LogP contribution < -0.4 is 19.5 Å². The van der Waals surface area contributed by atoms with Gasteiger partial charge in [-0.1, -0.05) is 11.2 Å². The van der Waals surface area contributed by atoms with Crippen molar-refractivity contribution in [3.63, 3.8) is 0 Å². The maximum Gasteiger partial charge on any atom is 0.264 e. The zero-order valence-electron chi connectivity index (χ0n) is 18.3. The number of nitrogens with one attached hydrogen (secondary N) is 2. The predicted molar refractivity (Wildman–Crippen MR) is 120 cm³/mol. The van der Waals surface area contributed by atoms with Crippen molar-refractivity contribution < 1.29 is 27.2 Å². The number of hydrogen-bond donors (Lipinski definition) is 2. The number of amides is 1. The van der Waals surface area contributed by atoms with Crippen molar-refractivity contribution in [2.24, 2.45) is 0 Å². The van der Waals surface area contributed by atoms with Crippen LogP contribution in [0.2, 0.25) is 0 Å². The molecule has 3 rings (SSSR count). The van der Waals surface area contributed by atoms with Gasteiger partial charge in [0.1, 0.15) is 0 Å². The average molecular weight is 460 g/mol. The van der Waals surface area contributed by atoms with Crippen molar-refractivity contribution >= 4 is 27.5 Å².